The van der Waals surface area contributed by atoms with Crippen molar-refractivity contribution in [3.63, 3.8) is 0 Å². The summed E-state index contributed by atoms with van der Waals surface area (Å²) < 4.78 is 79.9. The van der Waals surface area contributed by atoms with Gasteiger partial charge in [-0.05, 0) is 89.9 Å². The maximum Gasteiger partial charge on any atom is 0.246 e. The average molecular weight is 1610 g/mol. The molecule has 1 aliphatic carbocycles. The molecule has 117 heavy (non-hydrogen) atoms. The summed E-state index contributed by atoms with van der Waals surface area (Å²) in [5.41, 5.74) is 9.46. The number of likely N-dealkylation sites (tertiary alicyclic amines) is 1. The Bertz CT molecular complexity index is 4340. The number of carbonyl (C=O) groups is 6. The fourth-order valence-corrected chi connectivity index (χ4v) is 13.6. The van der Waals surface area contributed by atoms with E-state index in [1.165, 1.54) is 10.5 Å². The standard InChI is InChI=1S/C88H109N9O20/c1-61(2)85(94-83(99)25-30-106-32-34-108-36-38-110-40-42-112-44-45-113-43-41-111-39-37-109-35-33-107-31-26-89-82(98)24-27-97-84(100)51-73(88(97)103)64-16-13-11-9-7-6-8-10-12-14-17-64)87(102)92-62(3)86(101)93-70-21-18-63(19-22-70)66-46-71-54-90-74-52-80(77(104-4)49-68(74)58-95(71)56-66)114-28-15-29-115-81-53-75-69(50-78(81)105-5)59-96-57-67(47-72(96)55-91-75)65-20-23-76-79(48-65)117-60-116-76/h6-14,16-23,48-50,52-57,61-62,71-73,85H,15,24-47,51,58-60H2,1-5H3,(H,89,98)(H,92,102)(H,93,101)(H,94,99)/b7-6-,8-6?,9-7?,10-8-,11-9-,12-10?,13-11?,14-12-,16-13?,17-14?,64-16?,64-17?/t62-,71-,72-,73?,85?/m0/s1. The number of rotatable bonds is 47. The number of fused-ring (bicyclic) bond motifs is 5. The lowest BCUT2D eigenvalue weighted by molar-refractivity contribution is -0.139. The fourth-order valence-electron chi connectivity index (χ4n) is 13.6. The second kappa shape index (κ2) is 46.3. The van der Waals surface area contributed by atoms with Crippen molar-refractivity contribution < 1.29 is 95.1 Å². The Morgan fingerprint density at radius 3 is 1.56 bits per heavy atom. The quantitative estimate of drug-likeness (QED) is 0.0236. The molecule has 11 rings (SSSR count). The molecule has 0 bridgehead atoms. The largest absolute Gasteiger partial charge is 0.493 e. The summed E-state index contributed by atoms with van der Waals surface area (Å²) in [6, 6.07) is 19.9. The molecular weight excluding hydrogens is 1500 g/mol. The Labute approximate surface area is 683 Å². The first kappa shape index (κ1) is 87.1. The first-order chi connectivity index (χ1) is 57.2. The number of nitrogens with zero attached hydrogens (tertiary/aromatic N) is 5. The topological polar surface area (TPSA) is 314 Å². The minimum atomic E-state index is -0.899. The molecular formula is C88H109N9O20. The van der Waals surface area contributed by atoms with Crippen molar-refractivity contribution in [3.8, 4) is 34.5 Å². The summed E-state index contributed by atoms with van der Waals surface area (Å²) >= 11 is 0. The van der Waals surface area contributed by atoms with Crippen LogP contribution in [0.15, 0.2) is 162 Å². The molecule has 29 heteroatoms. The van der Waals surface area contributed by atoms with Crippen molar-refractivity contribution >= 4 is 76.1 Å². The van der Waals surface area contributed by atoms with Gasteiger partial charge in [0.15, 0.2) is 34.5 Å². The minimum absolute atomic E-state index is 0.00351. The van der Waals surface area contributed by atoms with Gasteiger partial charge in [-0.3, -0.25) is 43.7 Å². The van der Waals surface area contributed by atoms with Crippen LogP contribution in [0, 0.1) is 11.8 Å². The molecule has 4 N–H and O–H groups in total. The maximum atomic E-state index is 13.5. The molecule has 0 aromatic heterocycles. The third kappa shape index (κ3) is 26.6. The smallest absolute Gasteiger partial charge is 0.246 e. The zero-order valence-electron chi connectivity index (χ0n) is 67.4. The fraction of sp³-hybridized carbons (Fsp3) is 0.455. The number of methoxy groups -OCH3 is 2. The van der Waals surface area contributed by atoms with Crippen LogP contribution in [0.2, 0.25) is 0 Å². The van der Waals surface area contributed by atoms with Crippen LogP contribution >= 0.6 is 0 Å². The van der Waals surface area contributed by atoms with Crippen molar-refractivity contribution in [1.82, 2.24) is 30.7 Å². The lowest BCUT2D eigenvalue weighted by Crippen LogP contribution is -2.53. The molecule has 4 aromatic carbocycles. The van der Waals surface area contributed by atoms with Crippen molar-refractivity contribution in [2.24, 2.45) is 21.8 Å². The molecule has 5 atom stereocenters. The van der Waals surface area contributed by atoms with Gasteiger partial charge in [0.25, 0.3) is 0 Å². The molecule has 4 aromatic rings. The average Bonchev–Trinajstić information content (AvgIpc) is 1.65. The summed E-state index contributed by atoms with van der Waals surface area (Å²) in [7, 11) is 3.28. The van der Waals surface area contributed by atoms with E-state index in [2.05, 4.69) is 49.5 Å². The van der Waals surface area contributed by atoms with Gasteiger partial charge in [0.1, 0.15) is 12.1 Å². The summed E-state index contributed by atoms with van der Waals surface area (Å²) in [6.07, 6.45) is 31.1. The number of allylic oxidation sites excluding steroid dienone is 11. The summed E-state index contributed by atoms with van der Waals surface area (Å²) in [4.78, 5) is 93.8. The highest BCUT2D eigenvalue weighted by molar-refractivity contribution is 6.05. The molecule has 0 spiro atoms. The highest BCUT2D eigenvalue weighted by Gasteiger charge is 2.40. The molecule has 626 valence electrons. The molecule has 6 heterocycles. The Balaban J connectivity index is 0.468. The number of ether oxygens (including phenoxy) is 14. The Kier molecular flexibility index (Phi) is 34.4. The van der Waals surface area contributed by atoms with Crippen LogP contribution in [0.25, 0.3) is 11.1 Å². The number of amides is 6. The van der Waals surface area contributed by atoms with Gasteiger partial charge in [0.05, 0.1) is 163 Å². The predicted molar refractivity (Wildman–Crippen MR) is 441 cm³/mol. The molecule has 2 unspecified atom stereocenters. The summed E-state index contributed by atoms with van der Waals surface area (Å²) in [5, 5.41) is 11.2. The third-order valence-corrected chi connectivity index (χ3v) is 20.0. The van der Waals surface area contributed by atoms with Crippen molar-refractivity contribution in [1.29, 1.82) is 0 Å². The zero-order chi connectivity index (χ0) is 81.9. The van der Waals surface area contributed by atoms with E-state index in [1.54, 1.807) is 21.1 Å². The van der Waals surface area contributed by atoms with Crippen LogP contribution in [0.3, 0.4) is 0 Å². The second-order valence-corrected chi connectivity index (χ2v) is 28.7. The van der Waals surface area contributed by atoms with Crippen LogP contribution in [0.5, 0.6) is 34.5 Å². The van der Waals surface area contributed by atoms with Gasteiger partial charge >= 0.3 is 0 Å². The van der Waals surface area contributed by atoms with Gasteiger partial charge in [-0.15, -0.1) is 0 Å². The number of imide groups is 1. The van der Waals surface area contributed by atoms with E-state index >= 15 is 0 Å². The molecule has 6 amide bonds. The SMILES string of the molecule is COc1cc2c(cc1OCCCOc1cc3c(cc1OC)CN1C=C(c4ccc5c(c4)OCO5)C[C@H]1C=N3)N=C[C@@H]1CC(c3ccc(NC(=O)[C@H](C)NC(=O)C(NC(=O)CCOCCOCCOCCOCCOCCOCCOCCOCCNC(=O)CCN4C(=O)CC(C5=C\C=C/C=C\C=C/C=C\C=C5)C4=O)C(C)C)cc3)=CN1C2. The van der Waals surface area contributed by atoms with Crippen LogP contribution in [-0.4, -0.2) is 240 Å². The van der Waals surface area contributed by atoms with Gasteiger partial charge < -0.3 is 97.4 Å². The Morgan fingerprint density at radius 1 is 0.513 bits per heavy atom. The molecule has 0 saturated carbocycles. The van der Waals surface area contributed by atoms with E-state index in [0.717, 1.165) is 69.1 Å². The van der Waals surface area contributed by atoms with Gasteiger partial charge in [-0.2, -0.15) is 0 Å². The van der Waals surface area contributed by atoms with Crippen LogP contribution in [0.1, 0.15) is 81.5 Å². The Morgan fingerprint density at radius 2 is 1.02 bits per heavy atom. The van der Waals surface area contributed by atoms with E-state index in [4.69, 9.17) is 76.3 Å². The van der Waals surface area contributed by atoms with Gasteiger partial charge in [0, 0.05) is 106 Å². The summed E-state index contributed by atoms with van der Waals surface area (Å²) in [6.45, 7) is 13.5. The maximum absolute atomic E-state index is 13.5. The minimum Gasteiger partial charge on any atom is -0.493 e. The lowest BCUT2D eigenvalue weighted by atomic mass is 9.96. The molecule has 29 nitrogen and oxygen atoms in total. The first-order valence-electron chi connectivity index (χ1n) is 40.1. The molecule has 6 aliphatic heterocycles. The lowest BCUT2D eigenvalue weighted by Gasteiger charge is -2.24. The Hall–Kier alpha value is -10.8. The van der Waals surface area contributed by atoms with Crippen LogP contribution in [-0.2, 0) is 79.8 Å². The predicted octanol–water partition coefficient (Wildman–Crippen LogP) is 9.65. The molecule has 7 aliphatic rings. The summed E-state index contributed by atoms with van der Waals surface area (Å²) in [5.74, 6) is 1.03. The zero-order valence-corrected chi connectivity index (χ0v) is 67.4. The van der Waals surface area contributed by atoms with E-state index in [9.17, 15) is 28.8 Å². The van der Waals surface area contributed by atoms with Crippen molar-refractivity contribution in [2.75, 3.05) is 158 Å². The molecule has 1 fully saturated rings. The normalized spacial score (nSPS) is 18.6. The highest BCUT2D eigenvalue weighted by Crippen LogP contribution is 2.44. The van der Waals surface area contributed by atoms with Gasteiger partial charge in [-0.25, -0.2) is 0 Å². The van der Waals surface area contributed by atoms with Crippen molar-refractivity contribution in [3.05, 3.63) is 174 Å². The number of nitrogens with one attached hydrogen (secondary N) is 4. The van der Waals surface area contributed by atoms with E-state index in [1.807, 2.05) is 154 Å². The van der Waals surface area contributed by atoms with Gasteiger partial charge in [-0.1, -0.05) is 98.9 Å². The second-order valence-electron chi connectivity index (χ2n) is 28.7. The number of carbonyl (C=O) groups excluding carboxylic acids is 6. The van der Waals surface area contributed by atoms with Crippen LogP contribution in [0.4, 0.5) is 17.1 Å². The molecule has 1 saturated heterocycles. The number of benzene rings is 4. The van der Waals surface area contributed by atoms with Crippen molar-refractivity contribution in [2.45, 2.75) is 96.6 Å². The van der Waals surface area contributed by atoms with Gasteiger partial charge in [0.2, 0.25) is 42.2 Å². The van der Waals surface area contributed by atoms with E-state index in [0.29, 0.717) is 147 Å². The van der Waals surface area contributed by atoms with Crippen LogP contribution < -0.4 is 49.7 Å². The third-order valence-electron chi connectivity index (χ3n) is 20.0. The first-order valence-corrected chi connectivity index (χ1v) is 40.1. The number of hydrogen-bond donors (Lipinski definition) is 4. The number of aliphatic imine (C=N–C) groups is 2. The highest BCUT2D eigenvalue weighted by atomic mass is 16.7. The number of hydrogen-bond acceptors (Lipinski definition) is 24. The molecule has 0 radical (unpaired) electrons. The monoisotopic (exact) mass is 1610 g/mol. The van der Waals surface area contributed by atoms with E-state index < -0.39 is 29.8 Å². The number of anilines is 1. The van der Waals surface area contributed by atoms with E-state index in [-0.39, 0.29) is 101 Å².